The van der Waals surface area contributed by atoms with Gasteiger partial charge in [0, 0.05) is 51.1 Å². The van der Waals surface area contributed by atoms with E-state index in [4.69, 9.17) is 15.0 Å². The summed E-state index contributed by atoms with van der Waals surface area (Å²) in [4.78, 5) is 32.2. The van der Waals surface area contributed by atoms with E-state index in [-0.39, 0.29) is 23.9 Å². The lowest BCUT2D eigenvalue weighted by molar-refractivity contribution is -0.135. The molecule has 0 bridgehead atoms. The molecule has 0 aliphatic carbocycles. The van der Waals surface area contributed by atoms with Crippen LogP contribution in [0.25, 0.3) is 0 Å². The summed E-state index contributed by atoms with van der Waals surface area (Å²) < 4.78 is 11.5. The average Bonchev–Trinajstić information content (AvgIpc) is 3.57. The first-order valence-corrected chi connectivity index (χ1v) is 14.2. The third-order valence-corrected chi connectivity index (χ3v) is 8.39. The zero-order valence-electron chi connectivity index (χ0n) is 23.0. The van der Waals surface area contributed by atoms with E-state index in [0.717, 1.165) is 57.6 Å². The van der Waals surface area contributed by atoms with Crippen molar-refractivity contribution < 1.29 is 14.1 Å². The predicted molar refractivity (Wildman–Crippen MR) is 144 cm³/mol. The van der Waals surface area contributed by atoms with E-state index >= 15 is 0 Å². The molecular formula is C27H42N8O3. The van der Waals surface area contributed by atoms with Gasteiger partial charge in [-0.05, 0) is 43.9 Å². The van der Waals surface area contributed by atoms with Gasteiger partial charge in [-0.1, -0.05) is 25.9 Å². The number of ether oxygens (including phenoxy) is 1. The Bertz CT molecular complexity index is 1050. The lowest BCUT2D eigenvalue weighted by Crippen LogP contribution is -2.51. The minimum atomic E-state index is -0.0885. The molecule has 38 heavy (non-hydrogen) atoms. The molecule has 208 valence electrons. The minimum Gasteiger partial charge on any atom is -0.490 e. The van der Waals surface area contributed by atoms with Crippen molar-refractivity contribution >= 4 is 17.9 Å². The lowest BCUT2D eigenvalue weighted by Gasteiger charge is -2.34. The first kappa shape index (κ1) is 26.6. The van der Waals surface area contributed by atoms with Crippen LogP contribution in [-0.2, 0) is 4.79 Å². The second-order valence-electron chi connectivity index (χ2n) is 11.4. The zero-order chi connectivity index (χ0) is 26.6. The number of nitrogens with two attached hydrogens (primary N) is 1. The van der Waals surface area contributed by atoms with Crippen LogP contribution < -0.4 is 20.3 Å². The number of carbonyl (C=O) groups is 1. The molecule has 2 aromatic rings. The van der Waals surface area contributed by atoms with Gasteiger partial charge in [0.2, 0.25) is 11.9 Å². The van der Waals surface area contributed by atoms with Gasteiger partial charge in [-0.2, -0.15) is 4.98 Å². The van der Waals surface area contributed by atoms with E-state index in [1.807, 2.05) is 4.90 Å². The molecule has 0 radical (unpaired) electrons. The van der Waals surface area contributed by atoms with Crippen molar-refractivity contribution in [1.82, 2.24) is 25.0 Å². The molecule has 2 N–H and O–H groups in total. The molecule has 3 atom stereocenters. The third-order valence-electron chi connectivity index (χ3n) is 8.39. The SMILES string of the molecule is CC(C)c1noc(N2CCC(C(C)CCOc3cnc(N4CC(N)C(N5CCCCC5=O)C4)nc3)CC2)n1. The van der Waals surface area contributed by atoms with E-state index in [1.165, 1.54) is 0 Å². The van der Waals surface area contributed by atoms with Crippen molar-refractivity contribution in [2.24, 2.45) is 17.6 Å². The fourth-order valence-corrected chi connectivity index (χ4v) is 5.88. The molecular weight excluding hydrogens is 484 g/mol. The highest BCUT2D eigenvalue weighted by Crippen LogP contribution is 2.30. The Morgan fingerprint density at radius 2 is 1.84 bits per heavy atom. The summed E-state index contributed by atoms with van der Waals surface area (Å²) in [6, 6.07) is 0.590. The molecule has 3 aliphatic rings. The Labute approximate surface area is 225 Å². The molecule has 5 heterocycles. The molecule has 3 fully saturated rings. The molecule has 11 nitrogen and oxygen atoms in total. The summed E-state index contributed by atoms with van der Waals surface area (Å²) in [5.74, 6) is 3.80. The summed E-state index contributed by atoms with van der Waals surface area (Å²) in [6.45, 7) is 11.1. The molecule has 0 saturated carbocycles. The fourth-order valence-electron chi connectivity index (χ4n) is 5.88. The Morgan fingerprint density at radius 3 is 2.53 bits per heavy atom. The number of carbonyl (C=O) groups excluding carboxylic acids is 1. The van der Waals surface area contributed by atoms with Crippen molar-refractivity contribution in [2.75, 3.05) is 49.1 Å². The number of hydrogen-bond acceptors (Lipinski definition) is 10. The third kappa shape index (κ3) is 6.03. The Hall–Kier alpha value is -2.95. The number of aromatic nitrogens is 4. The van der Waals surface area contributed by atoms with Gasteiger partial charge in [-0.3, -0.25) is 4.79 Å². The number of amides is 1. The van der Waals surface area contributed by atoms with Crippen molar-refractivity contribution in [2.45, 2.75) is 77.3 Å². The van der Waals surface area contributed by atoms with Crippen LogP contribution in [0, 0.1) is 11.8 Å². The molecule has 3 aliphatic heterocycles. The number of nitrogens with zero attached hydrogens (tertiary/aromatic N) is 7. The summed E-state index contributed by atoms with van der Waals surface area (Å²) in [5, 5.41) is 4.09. The first-order chi connectivity index (χ1) is 18.4. The minimum absolute atomic E-state index is 0.0280. The van der Waals surface area contributed by atoms with Crippen LogP contribution in [0.4, 0.5) is 12.0 Å². The number of hydrogen-bond donors (Lipinski definition) is 1. The standard InChI is InChI=1S/C27H42N8O3/c1-18(2)25-31-27(38-32-25)33-11-7-20(8-12-33)19(3)9-13-37-21-14-29-26(30-15-21)34-16-22(28)23(17-34)35-10-5-4-6-24(35)36/h14-15,18-20,22-23H,4-13,16-17,28H2,1-3H3. The molecule has 0 aromatic carbocycles. The summed E-state index contributed by atoms with van der Waals surface area (Å²) >= 11 is 0. The van der Waals surface area contributed by atoms with Crippen LogP contribution in [0.15, 0.2) is 16.9 Å². The quantitative estimate of drug-likeness (QED) is 0.521. The van der Waals surface area contributed by atoms with Crippen LogP contribution >= 0.6 is 0 Å². The predicted octanol–water partition coefficient (Wildman–Crippen LogP) is 2.83. The fraction of sp³-hybridized carbons (Fsp3) is 0.741. The molecule has 3 saturated heterocycles. The largest absolute Gasteiger partial charge is 0.490 e. The summed E-state index contributed by atoms with van der Waals surface area (Å²) in [6.07, 6.45) is 9.35. The van der Waals surface area contributed by atoms with E-state index in [9.17, 15) is 4.79 Å². The second-order valence-corrected chi connectivity index (χ2v) is 11.4. The monoisotopic (exact) mass is 526 g/mol. The van der Waals surface area contributed by atoms with Gasteiger partial charge in [-0.15, -0.1) is 0 Å². The van der Waals surface area contributed by atoms with Gasteiger partial charge in [0.25, 0.3) is 0 Å². The Kier molecular flexibility index (Phi) is 8.30. The highest BCUT2D eigenvalue weighted by Gasteiger charge is 2.38. The maximum atomic E-state index is 12.4. The summed E-state index contributed by atoms with van der Waals surface area (Å²) in [7, 11) is 0. The van der Waals surface area contributed by atoms with Crippen molar-refractivity contribution in [1.29, 1.82) is 0 Å². The van der Waals surface area contributed by atoms with Gasteiger partial charge in [0.05, 0.1) is 25.0 Å². The van der Waals surface area contributed by atoms with Crippen LogP contribution in [0.3, 0.4) is 0 Å². The normalized spacial score (nSPS) is 23.9. The smallest absolute Gasteiger partial charge is 0.324 e. The van der Waals surface area contributed by atoms with E-state index < -0.39 is 0 Å². The molecule has 2 aromatic heterocycles. The molecule has 0 spiro atoms. The van der Waals surface area contributed by atoms with Crippen LogP contribution in [0.5, 0.6) is 5.75 Å². The van der Waals surface area contributed by atoms with Gasteiger partial charge in [0.1, 0.15) is 0 Å². The number of piperidine rings is 2. The molecule has 5 rings (SSSR count). The van der Waals surface area contributed by atoms with Crippen molar-refractivity contribution in [3.05, 3.63) is 18.2 Å². The zero-order valence-corrected chi connectivity index (χ0v) is 23.0. The number of rotatable bonds is 9. The maximum Gasteiger partial charge on any atom is 0.324 e. The molecule has 1 amide bonds. The van der Waals surface area contributed by atoms with Gasteiger partial charge in [-0.25, -0.2) is 9.97 Å². The van der Waals surface area contributed by atoms with Crippen LogP contribution in [0.2, 0.25) is 0 Å². The first-order valence-electron chi connectivity index (χ1n) is 14.2. The van der Waals surface area contributed by atoms with E-state index in [1.54, 1.807) is 12.4 Å². The molecule has 3 unspecified atom stereocenters. The second kappa shape index (κ2) is 11.8. The van der Waals surface area contributed by atoms with Gasteiger partial charge in [0.15, 0.2) is 11.6 Å². The van der Waals surface area contributed by atoms with Gasteiger partial charge >= 0.3 is 6.01 Å². The maximum absolute atomic E-state index is 12.4. The molecule has 11 heteroatoms. The highest BCUT2D eigenvalue weighted by molar-refractivity contribution is 5.77. The topological polar surface area (TPSA) is 127 Å². The van der Waals surface area contributed by atoms with Crippen molar-refractivity contribution in [3.63, 3.8) is 0 Å². The number of anilines is 2. The van der Waals surface area contributed by atoms with Gasteiger partial charge < -0.3 is 29.7 Å². The van der Waals surface area contributed by atoms with E-state index in [0.29, 0.717) is 55.7 Å². The Morgan fingerprint density at radius 1 is 1.08 bits per heavy atom. The van der Waals surface area contributed by atoms with E-state index in [2.05, 4.69) is 50.7 Å². The van der Waals surface area contributed by atoms with Crippen molar-refractivity contribution in [3.8, 4) is 5.75 Å². The summed E-state index contributed by atoms with van der Waals surface area (Å²) in [5.41, 5.74) is 6.41. The average molecular weight is 527 g/mol. The van der Waals surface area contributed by atoms with Crippen LogP contribution in [0.1, 0.15) is 71.0 Å². The number of likely N-dealkylation sites (tertiary alicyclic amines) is 1. The Balaban J connectivity index is 1.04. The highest BCUT2D eigenvalue weighted by atomic mass is 16.5. The van der Waals surface area contributed by atoms with Crippen LogP contribution in [-0.4, -0.2) is 82.3 Å². The lowest BCUT2D eigenvalue weighted by atomic mass is 9.84.